The number of para-hydroxylation sites is 1. The van der Waals surface area contributed by atoms with E-state index in [0.29, 0.717) is 52.1 Å². The normalized spacial score (nSPS) is 20.0. The van der Waals surface area contributed by atoms with Crippen molar-refractivity contribution in [3.05, 3.63) is 102 Å². The zero-order valence-electron chi connectivity index (χ0n) is 29.9. The highest BCUT2D eigenvalue weighted by atomic mass is 19.2. The highest BCUT2D eigenvalue weighted by molar-refractivity contribution is 6.03. The lowest BCUT2D eigenvalue weighted by molar-refractivity contribution is -0.918. The number of fused-ring (bicyclic) bond motifs is 1. The molecule has 2 fully saturated rings. The van der Waals surface area contributed by atoms with Crippen molar-refractivity contribution >= 4 is 29.2 Å². The molecule has 3 aromatic carbocycles. The Morgan fingerprint density at radius 1 is 1.04 bits per heavy atom. The molecule has 0 radical (unpaired) electrons. The molecule has 53 heavy (non-hydrogen) atoms. The smallest absolute Gasteiger partial charge is 0.259 e. The third-order valence-electron chi connectivity index (χ3n) is 10.6. The minimum atomic E-state index is -1.50. The van der Waals surface area contributed by atoms with Crippen LogP contribution < -0.4 is 20.5 Å². The van der Waals surface area contributed by atoms with Gasteiger partial charge in [-0.15, -0.1) is 0 Å². The number of nitrogens with zero attached hydrogens (tertiary/aromatic N) is 5. The Bertz CT molecular complexity index is 2110. The first kappa shape index (κ1) is 36.0. The Hall–Kier alpha value is -5.40. The summed E-state index contributed by atoms with van der Waals surface area (Å²) in [6, 6.07) is 16.4. The molecule has 1 unspecified atom stereocenters. The Morgan fingerprint density at radius 2 is 1.83 bits per heavy atom. The fraction of sp³-hybridized carbons (Fsp3) is 0.350. The van der Waals surface area contributed by atoms with Gasteiger partial charge in [0.05, 0.1) is 38.6 Å². The number of likely N-dealkylation sites (tertiary alicyclic amines) is 1. The number of aromatic nitrogens is 3. The van der Waals surface area contributed by atoms with Gasteiger partial charge >= 0.3 is 0 Å². The van der Waals surface area contributed by atoms with E-state index in [1.165, 1.54) is 30.9 Å². The molecule has 2 saturated heterocycles. The number of hydrogen-bond acceptors (Lipinski definition) is 8. The van der Waals surface area contributed by atoms with E-state index in [4.69, 9.17) is 4.74 Å². The van der Waals surface area contributed by atoms with E-state index in [1.807, 2.05) is 6.92 Å². The van der Waals surface area contributed by atoms with Crippen molar-refractivity contribution in [3.8, 4) is 22.8 Å². The monoisotopic (exact) mass is 723 g/mol. The number of ether oxygens (including phenoxy) is 1. The second kappa shape index (κ2) is 15.3. The number of carboxylic acid groups (broad SMARTS) is 1. The van der Waals surface area contributed by atoms with Gasteiger partial charge in [0.2, 0.25) is 5.82 Å². The minimum Gasteiger partial charge on any atom is -0.530 e. The summed E-state index contributed by atoms with van der Waals surface area (Å²) in [5.41, 5.74) is 2.18. The third kappa shape index (κ3) is 7.72. The van der Waals surface area contributed by atoms with Gasteiger partial charge in [0.1, 0.15) is 11.8 Å². The van der Waals surface area contributed by atoms with Gasteiger partial charge in [-0.1, -0.05) is 25.1 Å². The summed E-state index contributed by atoms with van der Waals surface area (Å²) < 4.78 is 38.7. The number of carbonyl (C=O) groups is 2. The van der Waals surface area contributed by atoms with Crippen LogP contribution >= 0.6 is 0 Å². The number of carbonyl (C=O) groups excluding carboxylic acids is 2. The fourth-order valence-corrected chi connectivity index (χ4v) is 7.69. The number of quaternary nitrogens is 1. The number of aryl methyl sites for hydroxylation is 1. The number of halogens is 2. The van der Waals surface area contributed by atoms with Crippen LogP contribution in [-0.2, 0) is 6.42 Å². The lowest BCUT2D eigenvalue weighted by Gasteiger charge is -2.43. The number of amides is 2. The number of nitrogens with one attached hydrogen (secondary N) is 2. The number of imide groups is 1. The van der Waals surface area contributed by atoms with Crippen molar-refractivity contribution in [1.29, 1.82) is 0 Å². The topological polar surface area (TPSA) is 124 Å². The Labute approximate surface area is 306 Å². The first-order chi connectivity index (χ1) is 25.6. The van der Waals surface area contributed by atoms with Crippen molar-refractivity contribution < 1.29 is 32.7 Å². The maximum atomic E-state index is 15.4. The summed E-state index contributed by atoms with van der Waals surface area (Å²) in [6.45, 7) is 7.15. The van der Waals surface area contributed by atoms with Gasteiger partial charge in [0, 0.05) is 61.1 Å². The molecule has 11 nitrogen and oxygen atoms in total. The van der Waals surface area contributed by atoms with Gasteiger partial charge < -0.3 is 29.8 Å². The quantitative estimate of drug-likeness (QED) is 0.159. The molecule has 0 spiro atoms. The van der Waals surface area contributed by atoms with Gasteiger partial charge in [-0.25, -0.2) is 14.4 Å². The SMILES string of the molecule is CCc1cc(Nc2nccn3c(-c4ccc(Oc5ccccc5)c(F)c4F)cnc23)ccc1C(=O)N(CC1CC[N+](C)(CC2CCNC2)CC1)C(=O)[O-]. The summed E-state index contributed by atoms with van der Waals surface area (Å²) in [7, 11) is 2.28. The van der Waals surface area contributed by atoms with Crippen LogP contribution in [0.15, 0.2) is 79.3 Å². The fourth-order valence-electron chi connectivity index (χ4n) is 7.69. The van der Waals surface area contributed by atoms with Crippen molar-refractivity contribution in [1.82, 2.24) is 24.6 Å². The Balaban J connectivity index is 1.06. The molecule has 4 heterocycles. The number of anilines is 2. The van der Waals surface area contributed by atoms with Crippen LogP contribution in [0.3, 0.4) is 0 Å². The number of hydrogen-bond donors (Lipinski definition) is 2. The molecule has 276 valence electrons. The van der Waals surface area contributed by atoms with Crippen molar-refractivity contribution in [2.45, 2.75) is 32.6 Å². The summed E-state index contributed by atoms with van der Waals surface area (Å²) in [5, 5.41) is 19.0. The van der Waals surface area contributed by atoms with E-state index in [2.05, 4.69) is 27.6 Å². The summed E-state index contributed by atoms with van der Waals surface area (Å²) >= 11 is 0. The third-order valence-corrected chi connectivity index (χ3v) is 10.6. The molecule has 1 atom stereocenters. The van der Waals surface area contributed by atoms with E-state index in [-0.39, 0.29) is 23.8 Å². The van der Waals surface area contributed by atoms with Gasteiger partial charge in [-0.3, -0.25) is 14.1 Å². The first-order valence-corrected chi connectivity index (χ1v) is 18.1. The maximum absolute atomic E-state index is 15.4. The van der Waals surface area contributed by atoms with Crippen LogP contribution in [0.25, 0.3) is 16.9 Å². The Morgan fingerprint density at radius 3 is 2.55 bits per heavy atom. The van der Waals surface area contributed by atoms with E-state index in [1.54, 1.807) is 59.1 Å². The predicted octanol–water partition coefficient (Wildman–Crippen LogP) is 6.02. The molecular weight excluding hydrogens is 680 g/mol. The van der Waals surface area contributed by atoms with Gasteiger partial charge in [-0.05, 0) is 73.3 Å². The molecule has 13 heteroatoms. The molecular formula is C40H43F2N7O4. The number of benzene rings is 3. The van der Waals surface area contributed by atoms with E-state index >= 15 is 8.78 Å². The van der Waals surface area contributed by atoms with Crippen molar-refractivity contribution in [3.63, 3.8) is 0 Å². The van der Waals surface area contributed by atoms with E-state index < -0.39 is 23.6 Å². The van der Waals surface area contributed by atoms with Crippen LogP contribution in [-0.4, -0.2) is 82.1 Å². The number of imidazole rings is 1. The number of piperidine rings is 1. The van der Waals surface area contributed by atoms with Crippen molar-refractivity contribution in [2.24, 2.45) is 11.8 Å². The van der Waals surface area contributed by atoms with Gasteiger partial charge in [0.25, 0.3) is 5.91 Å². The molecule has 2 amide bonds. The summed E-state index contributed by atoms with van der Waals surface area (Å²) in [4.78, 5) is 35.8. The first-order valence-electron chi connectivity index (χ1n) is 18.1. The highest BCUT2D eigenvalue weighted by Gasteiger charge is 2.35. The molecule has 2 aliphatic rings. The van der Waals surface area contributed by atoms with E-state index in [0.717, 1.165) is 54.9 Å². The van der Waals surface area contributed by atoms with Crippen LogP contribution in [0.4, 0.5) is 25.1 Å². The molecule has 2 aromatic heterocycles. The summed E-state index contributed by atoms with van der Waals surface area (Å²) in [5.74, 6) is -1.58. The molecule has 0 saturated carbocycles. The van der Waals surface area contributed by atoms with Gasteiger partial charge in [0.15, 0.2) is 23.0 Å². The molecule has 0 aliphatic carbocycles. The Kier molecular flexibility index (Phi) is 10.4. The largest absolute Gasteiger partial charge is 0.530 e. The van der Waals surface area contributed by atoms with Crippen LogP contribution in [0.5, 0.6) is 11.5 Å². The van der Waals surface area contributed by atoms with Crippen LogP contribution in [0, 0.1) is 23.5 Å². The summed E-state index contributed by atoms with van der Waals surface area (Å²) in [6.07, 6.45) is 6.40. The average Bonchev–Trinajstić information content (AvgIpc) is 3.84. The molecule has 7 rings (SSSR count). The molecule has 0 bridgehead atoms. The lowest BCUT2D eigenvalue weighted by Crippen LogP contribution is -2.54. The average molecular weight is 724 g/mol. The molecule has 2 aliphatic heterocycles. The second-order valence-corrected chi connectivity index (χ2v) is 14.4. The zero-order chi connectivity index (χ0) is 37.1. The predicted molar refractivity (Wildman–Crippen MR) is 195 cm³/mol. The maximum Gasteiger partial charge on any atom is 0.259 e. The van der Waals surface area contributed by atoms with Crippen molar-refractivity contribution in [2.75, 3.05) is 51.6 Å². The van der Waals surface area contributed by atoms with E-state index in [9.17, 15) is 14.7 Å². The minimum absolute atomic E-state index is 0.0101. The zero-order valence-corrected chi connectivity index (χ0v) is 29.9. The molecule has 2 N–H and O–H groups in total. The lowest BCUT2D eigenvalue weighted by atomic mass is 9.93. The molecule has 5 aromatic rings. The highest BCUT2D eigenvalue weighted by Crippen LogP contribution is 2.34. The van der Waals surface area contributed by atoms with Crippen LogP contribution in [0.2, 0.25) is 0 Å². The number of rotatable bonds is 11. The van der Waals surface area contributed by atoms with Crippen LogP contribution in [0.1, 0.15) is 42.1 Å². The van der Waals surface area contributed by atoms with Gasteiger partial charge in [-0.2, -0.15) is 4.39 Å². The standard InChI is InChI=1S/C40H43F2N7O4/c1-3-28-21-29(9-10-31(28)39(50)48(40(51)52)24-26-14-19-49(2,20-15-26)25-27-13-16-43-22-27)46-37-38-45-23-33(47(38)18-17-44-37)32-11-12-34(36(42)35(32)41)53-30-7-5-4-6-8-30/h4-12,17-18,21,23,26-27,43H,3,13-16,19-20,22,24-25H2,1-2H3,(H-,44,46,50,51,52). The second-order valence-electron chi connectivity index (χ2n) is 14.4.